The SMILES string of the molecule is CCNS(=O)(=O)C1CCN(C(=O)c2cnn(-c3ccccc3C)c2)C1. The number of aryl methyl sites for hydroxylation is 1. The van der Waals surface area contributed by atoms with Gasteiger partial charge in [0.25, 0.3) is 5.91 Å². The zero-order valence-corrected chi connectivity index (χ0v) is 15.2. The van der Waals surface area contributed by atoms with E-state index < -0.39 is 15.3 Å². The summed E-state index contributed by atoms with van der Waals surface area (Å²) in [6, 6.07) is 7.78. The summed E-state index contributed by atoms with van der Waals surface area (Å²) in [5.41, 5.74) is 2.43. The maximum absolute atomic E-state index is 12.7. The predicted molar refractivity (Wildman–Crippen MR) is 95.2 cm³/mol. The van der Waals surface area contributed by atoms with Crippen molar-refractivity contribution in [2.45, 2.75) is 25.5 Å². The van der Waals surface area contributed by atoms with Gasteiger partial charge >= 0.3 is 0 Å². The number of carbonyl (C=O) groups excluding carboxylic acids is 1. The molecule has 1 aromatic heterocycles. The summed E-state index contributed by atoms with van der Waals surface area (Å²) in [4.78, 5) is 14.2. The van der Waals surface area contributed by atoms with E-state index >= 15 is 0 Å². The van der Waals surface area contributed by atoms with Crippen LogP contribution in [0.4, 0.5) is 0 Å². The molecule has 1 N–H and O–H groups in total. The van der Waals surface area contributed by atoms with Gasteiger partial charge in [-0.1, -0.05) is 25.1 Å². The van der Waals surface area contributed by atoms with Crippen molar-refractivity contribution >= 4 is 15.9 Å². The van der Waals surface area contributed by atoms with E-state index in [9.17, 15) is 13.2 Å². The molecule has 1 aromatic carbocycles. The fourth-order valence-electron chi connectivity index (χ4n) is 3.05. The highest BCUT2D eigenvalue weighted by Crippen LogP contribution is 2.20. The fourth-order valence-corrected chi connectivity index (χ4v) is 4.48. The third-order valence-electron chi connectivity index (χ3n) is 4.41. The Balaban J connectivity index is 1.74. The summed E-state index contributed by atoms with van der Waals surface area (Å²) in [6.07, 6.45) is 3.67. The number of nitrogens with zero attached hydrogens (tertiary/aromatic N) is 3. The van der Waals surface area contributed by atoms with Crippen LogP contribution in [0.3, 0.4) is 0 Å². The van der Waals surface area contributed by atoms with Crippen molar-refractivity contribution in [3.05, 3.63) is 47.8 Å². The average Bonchev–Trinajstić information content (AvgIpc) is 3.25. The van der Waals surface area contributed by atoms with Crippen LogP contribution in [-0.2, 0) is 10.0 Å². The number of carbonyl (C=O) groups is 1. The Hall–Kier alpha value is -2.19. The van der Waals surface area contributed by atoms with Gasteiger partial charge in [-0.15, -0.1) is 0 Å². The van der Waals surface area contributed by atoms with Crippen LogP contribution in [0, 0.1) is 6.92 Å². The quantitative estimate of drug-likeness (QED) is 0.870. The predicted octanol–water partition coefficient (Wildman–Crippen LogP) is 1.33. The largest absolute Gasteiger partial charge is 0.337 e. The summed E-state index contributed by atoms with van der Waals surface area (Å²) in [5.74, 6) is -0.186. The van der Waals surface area contributed by atoms with E-state index in [1.165, 1.54) is 6.20 Å². The molecule has 1 saturated heterocycles. The first-order valence-electron chi connectivity index (χ1n) is 8.31. The highest BCUT2D eigenvalue weighted by atomic mass is 32.2. The molecule has 2 heterocycles. The van der Waals surface area contributed by atoms with Crippen molar-refractivity contribution < 1.29 is 13.2 Å². The number of benzene rings is 1. The Labute approximate surface area is 147 Å². The minimum Gasteiger partial charge on any atom is -0.337 e. The van der Waals surface area contributed by atoms with Gasteiger partial charge in [0.15, 0.2) is 0 Å². The molecule has 7 nitrogen and oxygen atoms in total. The normalized spacial score (nSPS) is 17.8. The maximum Gasteiger partial charge on any atom is 0.257 e. The smallest absolute Gasteiger partial charge is 0.257 e. The molecule has 25 heavy (non-hydrogen) atoms. The highest BCUT2D eigenvalue weighted by molar-refractivity contribution is 7.90. The van der Waals surface area contributed by atoms with E-state index in [0.29, 0.717) is 25.1 Å². The van der Waals surface area contributed by atoms with Crippen LogP contribution in [0.15, 0.2) is 36.7 Å². The highest BCUT2D eigenvalue weighted by Gasteiger charge is 2.35. The second-order valence-corrected chi connectivity index (χ2v) is 8.21. The van der Waals surface area contributed by atoms with Gasteiger partial charge in [0.2, 0.25) is 10.0 Å². The molecule has 1 aliphatic rings. The summed E-state index contributed by atoms with van der Waals surface area (Å²) in [6.45, 7) is 4.73. The molecule has 134 valence electrons. The minimum absolute atomic E-state index is 0.186. The van der Waals surface area contributed by atoms with Gasteiger partial charge in [0, 0.05) is 25.8 Å². The molecule has 0 aliphatic carbocycles. The van der Waals surface area contributed by atoms with Gasteiger partial charge in [-0.25, -0.2) is 17.8 Å². The molecule has 3 rings (SSSR count). The van der Waals surface area contributed by atoms with Gasteiger partial charge in [-0.3, -0.25) is 4.79 Å². The van der Waals surface area contributed by atoms with E-state index in [2.05, 4.69) is 9.82 Å². The molecule has 1 unspecified atom stereocenters. The van der Waals surface area contributed by atoms with E-state index in [1.54, 1.807) is 22.7 Å². The summed E-state index contributed by atoms with van der Waals surface area (Å²) >= 11 is 0. The first-order valence-corrected chi connectivity index (χ1v) is 9.85. The molecular weight excluding hydrogens is 340 g/mol. The van der Waals surface area contributed by atoms with Crippen LogP contribution >= 0.6 is 0 Å². The number of hydrogen-bond donors (Lipinski definition) is 1. The first-order chi connectivity index (χ1) is 11.9. The summed E-state index contributed by atoms with van der Waals surface area (Å²) < 4.78 is 28.4. The van der Waals surface area contributed by atoms with Crippen LogP contribution in [-0.4, -0.2) is 53.9 Å². The second-order valence-electron chi connectivity index (χ2n) is 6.16. The van der Waals surface area contributed by atoms with Crippen LogP contribution in [0.2, 0.25) is 0 Å². The average molecular weight is 362 g/mol. The van der Waals surface area contributed by atoms with Crippen LogP contribution < -0.4 is 4.72 Å². The lowest BCUT2D eigenvalue weighted by atomic mass is 10.2. The van der Waals surface area contributed by atoms with Crippen molar-refractivity contribution in [3.63, 3.8) is 0 Å². The van der Waals surface area contributed by atoms with E-state index in [4.69, 9.17) is 0 Å². The van der Waals surface area contributed by atoms with E-state index in [0.717, 1.165) is 11.3 Å². The first kappa shape index (κ1) is 17.6. The van der Waals surface area contributed by atoms with Crippen LogP contribution in [0.5, 0.6) is 0 Å². The Bertz CT molecular complexity index is 876. The molecule has 0 spiro atoms. The molecule has 0 bridgehead atoms. The van der Waals surface area contributed by atoms with Gasteiger partial charge in [-0.2, -0.15) is 5.10 Å². The number of nitrogens with one attached hydrogen (secondary N) is 1. The lowest BCUT2D eigenvalue weighted by molar-refractivity contribution is 0.0793. The van der Waals surface area contributed by atoms with Gasteiger partial charge in [-0.05, 0) is 25.0 Å². The molecule has 8 heteroatoms. The maximum atomic E-state index is 12.7. The van der Waals surface area contributed by atoms with Crippen molar-refractivity contribution in [3.8, 4) is 5.69 Å². The summed E-state index contributed by atoms with van der Waals surface area (Å²) in [5, 5.41) is 3.72. The molecule has 0 saturated carbocycles. The molecular formula is C17H22N4O3S. The van der Waals surface area contributed by atoms with E-state index in [1.807, 2.05) is 31.2 Å². The lowest BCUT2D eigenvalue weighted by Gasteiger charge is -2.16. The topological polar surface area (TPSA) is 84.3 Å². The number of likely N-dealkylation sites (tertiary alicyclic amines) is 1. The second kappa shape index (κ2) is 6.97. The Morgan fingerprint density at radius 3 is 2.84 bits per heavy atom. The Morgan fingerprint density at radius 2 is 2.12 bits per heavy atom. The van der Waals surface area contributed by atoms with Gasteiger partial charge in [0.1, 0.15) is 0 Å². The minimum atomic E-state index is -3.37. The summed E-state index contributed by atoms with van der Waals surface area (Å²) in [7, 11) is -3.37. The number of sulfonamides is 1. The molecule has 1 atom stereocenters. The Kier molecular flexibility index (Phi) is 4.91. The number of hydrogen-bond acceptors (Lipinski definition) is 4. The van der Waals surface area contributed by atoms with Crippen molar-refractivity contribution in [1.29, 1.82) is 0 Å². The van der Waals surface area contributed by atoms with Crippen molar-refractivity contribution in [2.24, 2.45) is 0 Å². The van der Waals surface area contributed by atoms with Crippen LogP contribution in [0.25, 0.3) is 5.69 Å². The van der Waals surface area contributed by atoms with Gasteiger partial charge < -0.3 is 4.90 Å². The molecule has 2 aromatic rings. The number of aromatic nitrogens is 2. The zero-order chi connectivity index (χ0) is 18.0. The van der Waals surface area contributed by atoms with Crippen molar-refractivity contribution in [2.75, 3.05) is 19.6 Å². The number of rotatable bonds is 5. The fraction of sp³-hybridized carbons (Fsp3) is 0.412. The third kappa shape index (κ3) is 3.59. The van der Waals surface area contributed by atoms with Crippen molar-refractivity contribution in [1.82, 2.24) is 19.4 Å². The van der Waals surface area contributed by atoms with Gasteiger partial charge in [0.05, 0.1) is 22.7 Å². The monoisotopic (exact) mass is 362 g/mol. The molecule has 1 fully saturated rings. The standard InChI is InChI=1S/C17H22N4O3S/c1-3-19-25(23,24)15-8-9-20(12-15)17(22)14-10-18-21(11-14)16-7-5-4-6-13(16)2/h4-7,10-11,15,19H,3,8-9,12H2,1-2H3. The number of para-hydroxylation sites is 1. The molecule has 1 aliphatic heterocycles. The number of amides is 1. The molecule has 0 radical (unpaired) electrons. The molecule has 1 amide bonds. The Morgan fingerprint density at radius 1 is 1.36 bits per heavy atom. The van der Waals surface area contributed by atoms with E-state index in [-0.39, 0.29) is 12.5 Å². The third-order valence-corrected chi connectivity index (χ3v) is 6.36. The van der Waals surface area contributed by atoms with Crippen LogP contribution in [0.1, 0.15) is 29.3 Å². The lowest BCUT2D eigenvalue weighted by Crippen LogP contribution is -2.37. The zero-order valence-electron chi connectivity index (χ0n) is 14.3.